The van der Waals surface area contributed by atoms with Gasteiger partial charge < -0.3 is 5.32 Å². The minimum absolute atomic E-state index is 0.162. The van der Waals surface area contributed by atoms with E-state index in [2.05, 4.69) is 15.3 Å². The van der Waals surface area contributed by atoms with Crippen LogP contribution >= 0.6 is 11.8 Å². The fraction of sp³-hybridized carbons (Fsp3) is 0.556. The molecule has 1 N–H and O–H groups in total. The molecule has 0 unspecified atom stereocenters. The van der Waals surface area contributed by atoms with E-state index in [1.807, 2.05) is 6.92 Å². The molecule has 0 aliphatic carbocycles. The Balaban J connectivity index is 2.63. The van der Waals surface area contributed by atoms with Gasteiger partial charge in [0.2, 0.25) is 0 Å². The van der Waals surface area contributed by atoms with Crippen molar-refractivity contribution in [1.29, 1.82) is 0 Å². The van der Waals surface area contributed by atoms with Gasteiger partial charge in [0, 0.05) is 25.1 Å². The summed E-state index contributed by atoms with van der Waals surface area (Å²) >= 11 is 1.42. The van der Waals surface area contributed by atoms with Gasteiger partial charge in [0.1, 0.15) is 26.5 Å². The SMILES string of the molecule is CNc1cc(SCCS(C)(=O)=O)nc(C)n1. The number of aryl methyl sites for hydroxylation is 1. The second-order valence-electron chi connectivity index (χ2n) is 3.37. The van der Waals surface area contributed by atoms with Gasteiger partial charge in [-0.25, -0.2) is 18.4 Å². The van der Waals surface area contributed by atoms with Crippen LogP contribution in [0.4, 0.5) is 5.82 Å². The molecule has 0 bridgehead atoms. The maximum absolute atomic E-state index is 11.0. The molecule has 90 valence electrons. The summed E-state index contributed by atoms with van der Waals surface area (Å²) in [5, 5.41) is 3.72. The van der Waals surface area contributed by atoms with Crippen molar-refractivity contribution in [1.82, 2.24) is 9.97 Å². The zero-order chi connectivity index (χ0) is 12.2. The van der Waals surface area contributed by atoms with Crippen molar-refractivity contribution in [2.75, 3.05) is 30.1 Å². The van der Waals surface area contributed by atoms with Crippen LogP contribution < -0.4 is 5.32 Å². The highest BCUT2D eigenvalue weighted by Crippen LogP contribution is 2.18. The van der Waals surface area contributed by atoms with Crippen LogP contribution in [0.2, 0.25) is 0 Å². The number of anilines is 1. The van der Waals surface area contributed by atoms with Gasteiger partial charge >= 0.3 is 0 Å². The topological polar surface area (TPSA) is 72.0 Å². The highest BCUT2D eigenvalue weighted by molar-refractivity contribution is 8.00. The lowest BCUT2D eigenvalue weighted by molar-refractivity contribution is 0.603. The minimum Gasteiger partial charge on any atom is -0.373 e. The molecule has 5 nitrogen and oxygen atoms in total. The summed E-state index contributed by atoms with van der Waals surface area (Å²) in [5.41, 5.74) is 0. The van der Waals surface area contributed by atoms with Crippen LogP contribution in [0.3, 0.4) is 0 Å². The third kappa shape index (κ3) is 4.80. The number of sulfone groups is 1. The van der Waals surface area contributed by atoms with E-state index in [0.29, 0.717) is 11.6 Å². The molecule has 0 aromatic carbocycles. The Morgan fingerprint density at radius 3 is 2.69 bits per heavy atom. The van der Waals surface area contributed by atoms with Gasteiger partial charge in [0.15, 0.2) is 0 Å². The lowest BCUT2D eigenvalue weighted by atomic mass is 10.5. The molecule has 0 amide bonds. The van der Waals surface area contributed by atoms with Crippen LogP contribution in [0.1, 0.15) is 5.82 Å². The number of hydrogen-bond acceptors (Lipinski definition) is 6. The molecule has 0 aliphatic heterocycles. The zero-order valence-corrected chi connectivity index (χ0v) is 11.2. The van der Waals surface area contributed by atoms with E-state index >= 15 is 0 Å². The second kappa shape index (κ2) is 5.49. The molecular formula is C9H15N3O2S2. The maximum atomic E-state index is 11.0. The first kappa shape index (κ1) is 13.2. The third-order valence-corrected chi connectivity index (χ3v) is 3.89. The van der Waals surface area contributed by atoms with Gasteiger partial charge in [0.05, 0.1) is 5.75 Å². The zero-order valence-electron chi connectivity index (χ0n) is 9.52. The molecule has 1 heterocycles. The molecule has 0 aliphatic rings. The van der Waals surface area contributed by atoms with Crippen molar-refractivity contribution in [3.05, 3.63) is 11.9 Å². The Labute approximate surface area is 100.0 Å². The quantitative estimate of drug-likeness (QED) is 0.629. The Bertz CT molecular complexity index is 460. The van der Waals surface area contributed by atoms with Crippen molar-refractivity contribution < 1.29 is 8.42 Å². The minimum atomic E-state index is -2.90. The van der Waals surface area contributed by atoms with Gasteiger partial charge in [-0.15, -0.1) is 11.8 Å². The Morgan fingerprint density at radius 1 is 1.44 bits per heavy atom. The van der Waals surface area contributed by atoms with Crippen molar-refractivity contribution in [3.63, 3.8) is 0 Å². The first-order valence-electron chi connectivity index (χ1n) is 4.74. The summed E-state index contributed by atoms with van der Waals surface area (Å²) in [5.74, 6) is 2.09. The van der Waals surface area contributed by atoms with Crippen LogP contribution in [0.25, 0.3) is 0 Å². The fourth-order valence-electron chi connectivity index (χ4n) is 1.04. The van der Waals surface area contributed by atoms with Gasteiger partial charge in [0.25, 0.3) is 0 Å². The van der Waals surface area contributed by atoms with E-state index < -0.39 is 9.84 Å². The second-order valence-corrected chi connectivity index (χ2v) is 6.74. The molecule has 0 saturated carbocycles. The van der Waals surface area contributed by atoms with Crippen LogP contribution in [-0.2, 0) is 9.84 Å². The number of thioether (sulfide) groups is 1. The first-order chi connectivity index (χ1) is 7.40. The Kier molecular flexibility index (Phi) is 4.55. The number of hydrogen-bond donors (Lipinski definition) is 1. The van der Waals surface area contributed by atoms with Crippen LogP contribution in [0.15, 0.2) is 11.1 Å². The average molecular weight is 261 g/mol. The predicted octanol–water partition coefficient (Wildman–Crippen LogP) is 0.963. The monoisotopic (exact) mass is 261 g/mol. The van der Waals surface area contributed by atoms with Gasteiger partial charge in [-0.05, 0) is 6.92 Å². The van der Waals surface area contributed by atoms with Gasteiger partial charge in [-0.2, -0.15) is 0 Å². The predicted molar refractivity (Wildman–Crippen MR) is 66.8 cm³/mol. The van der Waals surface area contributed by atoms with E-state index in [4.69, 9.17) is 0 Å². The lowest BCUT2D eigenvalue weighted by Gasteiger charge is -2.04. The molecule has 1 rings (SSSR count). The molecule has 0 atom stereocenters. The molecule has 0 saturated heterocycles. The summed E-state index contributed by atoms with van der Waals surface area (Å²) in [6.45, 7) is 1.81. The Hall–Kier alpha value is -0.820. The Morgan fingerprint density at radius 2 is 2.12 bits per heavy atom. The standard InChI is InChI=1S/C9H15N3O2S2/c1-7-11-8(10-2)6-9(12-7)15-4-5-16(3,13)14/h6H,4-5H2,1-3H3,(H,10,11,12). The molecule has 1 aromatic heterocycles. The number of nitrogens with zero attached hydrogens (tertiary/aromatic N) is 2. The van der Waals surface area contributed by atoms with Crippen molar-refractivity contribution in [2.24, 2.45) is 0 Å². The van der Waals surface area contributed by atoms with E-state index in [1.54, 1.807) is 13.1 Å². The largest absolute Gasteiger partial charge is 0.373 e. The van der Waals surface area contributed by atoms with Crippen molar-refractivity contribution in [3.8, 4) is 0 Å². The normalized spacial score (nSPS) is 11.4. The van der Waals surface area contributed by atoms with Crippen LogP contribution in [-0.4, -0.2) is 43.2 Å². The summed E-state index contributed by atoms with van der Waals surface area (Å²) < 4.78 is 21.9. The first-order valence-corrected chi connectivity index (χ1v) is 7.79. The molecule has 16 heavy (non-hydrogen) atoms. The molecular weight excluding hydrogens is 246 g/mol. The molecule has 0 radical (unpaired) electrons. The number of rotatable bonds is 5. The molecule has 0 fully saturated rings. The highest BCUT2D eigenvalue weighted by Gasteiger charge is 2.05. The summed E-state index contributed by atoms with van der Waals surface area (Å²) in [7, 11) is -1.12. The highest BCUT2D eigenvalue weighted by atomic mass is 32.2. The number of aromatic nitrogens is 2. The van der Waals surface area contributed by atoms with Gasteiger partial charge in [-0.3, -0.25) is 0 Å². The summed E-state index contributed by atoms with van der Waals surface area (Å²) in [4.78, 5) is 8.37. The smallest absolute Gasteiger partial charge is 0.148 e. The van der Waals surface area contributed by atoms with E-state index in [0.717, 1.165) is 10.8 Å². The average Bonchev–Trinajstić information content (AvgIpc) is 2.14. The molecule has 7 heteroatoms. The van der Waals surface area contributed by atoms with Crippen molar-refractivity contribution in [2.45, 2.75) is 11.9 Å². The third-order valence-electron chi connectivity index (χ3n) is 1.77. The maximum Gasteiger partial charge on any atom is 0.148 e. The molecule has 1 aromatic rings. The van der Waals surface area contributed by atoms with E-state index in [9.17, 15) is 8.42 Å². The number of nitrogens with one attached hydrogen (secondary N) is 1. The summed E-state index contributed by atoms with van der Waals surface area (Å²) in [6, 6.07) is 1.81. The van der Waals surface area contributed by atoms with E-state index in [1.165, 1.54) is 18.0 Å². The lowest BCUT2D eigenvalue weighted by Crippen LogP contribution is -2.05. The van der Waals surface area contributed by atoms with Crippen LogP contribution in [0, 0.1) is 6.92 Å². The van der Waals surface area contributed by atoms with Crippen LogP contribution in [0.5, 0.6) is 0 Å². The van der Waals surface area contributed by atoms with Gasteiger partial charge in [-0.1, -0.05) is 0 Å². The molecule has 0 spiro atoms. The fourth-order valence-corrected chi connectivity index (χ4v) is 3.19. The van der Waals surface area contributed by atoms with E-state index in [-0.39, 0.29) is 5.75 Å². The summed E-state index contributed by atoms with van der Waals surface area (Å²) in [6.07, 6.45) is 1.23. The van der Waals surface area contributed by atoms with Crippen molar-refractivity contribution >= 4 is 27.4 Å².